The Morgan fingerprint density at radius 2 is 2.15 bits per heavy atom. The molecule has 13 heavy (non-hydrogen) atoms. The molecule has 4 nitrogen and oxygen atoms in total. The summed E-state index contributed by atoms with van der Waals surface area (Å²) >= 11 is 0. The lowest BCUT2D eigenvalue weighted by Gasteiger charge is -1.98. The zero-order valence-electron chi connectivity index (χ0n) is 6.60. The number of benzene rings is 1. The smallest absolute Gasteiger partial charge is 0.221 e. The summed E-state index contributed by atoms with van der Waals surface area (Å²) in [7, 11) is 0. The molecule has 0 aliphatic rings. The van der Waals surface area contributed by atoms with Gasteiger partial charge in [-0.15, -0.1) is 0 Å². The third-order valence-electron chi connectivity index (χ3n) is 1.76. The Morgan fingerprint density at radius 1 is 1.31 bits per heavy atom. The van der Waals surface area contributed by atoms with E-state index in [2.05, 4.69) is 9.97 Å². The zero-order chi connectivity index (χ0) is 9.26. The predicted molar refractivity (Wildman–Crippen MR) is 45.9 cm³/mol. The minimum absolute atomic E-state index is 0.0953. The van der Waals surface area contributed by atoms with Crippen molar-refractivity contribution < 1.29 is 5.11 Å². The first-order valence-corrected chi connectivity index (χ1v) is 3.65. The van der Waals surface area contributed by atoms with Gasteiger partial charge in [-0.3, -0.25) is 0 Å². The highest BCUT2D eigenvalue weighted by Gasteiger charge is 2.04. The summed E-state index contributed by atoms with van der Waals surface area (Å²) < 4.78 is 0. The standard InChI is InChI=1S/C9H5N3O/c10-4-6-2-1-3-7-8(6)11-5-12-9(7)13/h1-3,5H,(H,11,12,13). The first-order chi connectivity index (χ1) is 6.33. The average molecular weight is 171 g/mol. The van der Waals surface area contributed by atoms with Gasteiger partial charge in [0.1, 0.15) is 12.4 Å². The maximum atomic E-state index is 9.33. The van der Waals surface area contributed by atoms with Gasteiger partial charge < -0.3 is 5.11 Å². The van der Waals surface area contributed by atoms with Crippen LogP contribution in [0.3, 0.4) is 0 Å². The molecule has 1 N–H and O–H groups in total. The molecule has 0 saturated heterocycles. The second-order valence-corrected chi connectivity index (χ2v) is 2.51. The van der Waals surface area contributed by atoms with E-state index in [1.807, 2.05) is 6.07 Å². The lowest BCUT2D eigenvalue weighted by molar-refractivity contribution is 0.459. The number of hydrogen-bond acceptors (Lipinski definition) is 4. The van der Waals surface area contributed by atoms with Gasteiger partial charge in [-0.05, 0) is 12.1 Å². The van der Waals surface area contributed by atoms with E-state index >= 15 is 0 Å². The van der Waals surface area contributed by atoms with Crippen molar-refractivity contribution in [3.63, 3.8) is 0 Å². The van der Waals surface area contributed by atoms with Crippen molar-refractivity contribution in [1.82, 2.24) is 9.97 Å². The van der Waals surface area contributed by atoms with Crippen LogP contribution in [0.4, 0.5) is 0 Å². The maximum absolute atomic E-state index is 9.33. The fourth-order valence-corrected chi connectivity index (χ4v) is 1.16. The summed E-state index contributed by atoms with van der Waals surface area (Å²) in [6.07, 6.45) is 1.23. The number of fused-ring (bicyclic) bond motifs is 1. The van der Waals surface area contributed by atoms with Crippen LogP contribution in [0, 0.1) is 11.3 Å². The first kappa shape index (κ1) is 7.50. The molecule has 0 amide bonds. The number of hydrogen-bond donors (Lipinski definition) is 1. The van der Waals surface area contributed by atoms with Gasteiger partial charge >= 0.3 is 0 Å². The molecule has 0 spiro atoms. The number of nitriles is 1. The number of rotatable bonds is 0. The first-order valence-electron chi connectivity index (χ1n) is 3.65. The molecule has 1 heterocycles. The third-order valence-corrected chi connectivity index (χ3v) is 1.76. The number of para-hydroxylation sites is 1. The molecule has 0 bridgehead atoms. The van der Waals surface area contributed by atoms with Gasteiger partial charge in [0.15, 0.2) is 0 Å². The third kappa shape index (κ3) is 1.07. The molecular formula is C9H5N3O. The lowest BCUT2D eigenvalue weighted by atomic mass is 10.1. The molecule has 0 atom stereocenters. The fourth-order valence-electron chi connectivity index (χ4n) is 1.16. The second kappa shape index (κ2) is 2.72. The minimum atomic E-state index is -0.0953. The van der Waals surface area contributed by atoms with E-state index in [0.29, 0.717) is 16.5 Å². The van der Waals surface area contributed by atoms with Crippen LogP contribution in [-0.4, -0.2) is 15.1 Å². The Balaban J connectivity index is 2.94. The van der Waals surface area contributed by atoms with Crippen molar-refractivity contribution in [2.24, 2.45) is 0 Å². The van der Waals surface area contributed by atoms with Crippen LogP contribution in [0.15, 0.2) is 24.5 Å². The molecule has 0 unspecified atom stereocenters. The Bertz CT molecular complexity index is 502. The van der Waals surface area contributed by atoms with Crippen LogP contribution in [-0.2, 0) is 0 Å². The van der Waals surface area contributed by atoms with Gasteiger partial charge in [-0.2, -0.15) is 5.26 Å². The van der Waals surface area contributed by atoms with Gasteiger partial charge in [0.25, 0.3) is 0 Å². The summed E-state index contributed by atoms with van der Waals surface area (Å²) in [5.74, 6) is -0.0953. The monoisotopic (exact) mass is 171 g/mol. The van der Waals surface area contributed by atoms with Gasteiger partial charge in [-0.25, -0.2) is 9.97 Å². The van der Waals surface area contributed by atoms with Crippen LogP contribution in [0.1, 0.15) is 5.56 Å². The minimum Gasteiger partial charge on any atom is -0.493 e. The Labute approximate surface area is 74.1 Å². The highest BCUT2D eigenvalue weighted by Crippen LogP contribution is 2.21. The highest BCUT2D eigenvalue weighted by molar-refractivity contribution is 5.87. The SMILES string of the molecule is N#Cc1cccc2c(O)ncnc12. The van der Waals surface area contributed by atoms with Crippen molar-refractivity contribution >= 4 is 10.9 Å². The highest BCUT2D eigenvalue weighted by atomic mass is 16.3. The molecule has 1 aromatic carbocycles. The van der Waals surface area contributed by atoms with Gasteiger partial charge in [0.05, 0.1) is 16.5 Å². The van der Waals surface area contributed by atoms with Crippen LogP contribution in [0.5, 0.6) is 5.88 Å². The Morgan fingerprint density at radius 3 is 2.92 bits per heavy atom. The molecule has 0 radical (unpaired) electrons. The Kier molecular flexibility index (Phi) is 1.57. The van der Waals surface area contributed by atoms with Gasteiger partial charge in [0.2, 0.25) is 5.88 Å². The quantitative estimate of drug-likeness (QED) is 0.646. The van der Waals surface area contributed by atoms with Crippen molar-refractivity contribution in [1.29, 1.82) is 5.26 Å². The summed E-state index contributed by atoms with van der Waals surface area (Å²) in [4.78, 5) is 7.54. The van der Waals surface area contributed by atoms with Crippen molar-refractivity contribution in [2.75, 3.05) is 0 Å². The molecule has 62 valence electrons. The van der Waals surface area contributed by atoms with Crippen molar-refractivity contribution in [3.8, 4) is 11.9 Å². The number of aromatic hydroxyl groups is 1. The fraction of sp³-hybridized carbons (Fsp3) is 0. The molecule has 2 rings (SSSR count). The van der Waals surface area contributed by atoms with Crippen molar-refractivity contribution in [2.45, 2.75) is 0 Å². The molecule has 0 fully saturated rings. The van der Waals surface area contributed by atoms with Crippen LogP contribution in [0.25, 0.3) is 10.9 Å². The van der Waals surface area contributed by atoms with Crippen LogP contribution < -0.4 is 0 Å². The zero-order valence-corrected chi connectivity index (χ0v) is 6.60. The molecule has 2 aromatic rings. The molecule has 0 aliphatic heterocycles. The summed E-state index contributed by atoms with van der Waals surface area (Å²) in [5, 5.41) is 18.6. The second-order valence-electron chi connectivity index (χ2n) is 2.51. The average Bonchev–Trinajstić information content (AvgIpc) is 2.18. The summed E-state index contributed by atoms with van der Waals surface area (Å²) in [6, 6.07) is 7.00. The van der Waals surface area contributed by atoms with E-state index < -0.39 is 0 Å². The largest absolute Gasteiger partial charge is 0.493 e. The van der Waals surface area contributed by atoms with Gasteiger partial charge in [0, 0.05) is 0 Å². The Hall–Kier alpha value is -2.15. The van der Waals surface area contributed by atoms with E-state index in [1.54, 1.807) is 18.2 Å². The van der Waals surface area contributed by atoms with Crippen LogP contribution in [0.2, 0.25) is 0 Å². The number of aromatic nitrogens is 2. The molecule has 0 aliphatic carbocycles. The normalized spacial score (nSPS) is 9.77. The summed E-state index contributed by atoms with van der Waals surface area (Å²) in [5.41, 5.74) is 0.924. The maximum Gasteiger partial charge on any atom is 0.221 e. The molecular weight excluding hydrogens is 166 g/mol. The predicted octanol–water partition coefficient (Wildman–Crippen LogP) is 1.21. The van der Waals surface area contributed by atoms with E-state index in [-0.39, 0.29) is 5.88 Å². The van der Waals surface area contributed by atoms with E-state index in [0.717, 1.165) is 0 Å². The van der Waals surface area contributed by atoms with Gasteiger partial charge in [-0.1, -0.05) is 6.07 Å². The lowest BCUT2D eigenvalue weighted by Crippen LogP contribution is -1.86. The van der Waals surface area contributed by atoms with Crippen molar-refractivity contribution in [3.05, 3.63) is 30.1 Å². The van der Waals surface area contributed by atoms with E-state index in [1.165, 1.54) is 6.33 Å². The van der Waals surface area contributed by atoms with Crippen LogP contribution >= 0.6 is 0 Å². The van der Waals surface area contributed by atoms with E-state index in [9.17, 15) is 5.11 Å². The van der Waals surface area contributed by atoms with E-state index in [4.69, 9.17) is 5.26 Å². The topological polar surface area (TPSA) is 69.8 Å². The number of nitrogens with zero attached hydrogens (tertiary/aromatic N) is 3. The molecule has 4 heteroatoms. The molecule has 0 saturated carbocycles. The summed E-state index contributed by atoms with van der Waals surface area (Å²) in [6.45, 7) is 0. The molecule has 1 aromatic heterocycles.